The summed E-state index contributed by atoms with van der Waals surface area (Å²) in [4.78, 5) is 23.3. The zero-order chi connectivity index (χ0) is 22.3. The van der Waals surface area contributed by atoms with Crippen molar-refractivity contribution in [3.8, 4) is 5.75 Å². The van der Waals surface area contributed by atoms with Crippen molar-refractivity contribution < 1.29 is 22.7 Å². The Hall–Kier alpha value is -2.73. The average molecular weight is 439 g/mol. The Balaban J connectivity index is 2.19. The number of nitrogens with zero attached hydrogens (tertiary/aromatic N) is 3. The molecular weight excluding hydrogens is 412 g/mol. The van der Waals surface area contributed by atoms with Crippen molar-refractivity contribution in [2.45, 2.75) is 37.6 Å². The molecule has 2 aliphatic heterocycles. The van der Waals surface area contributed by atoms with E-state index in [0.717, 1.165) is 12.5 Å². The van der Waals surface area contributed by atoms with Gasteiger partial charge in [-0.1, -0.05) is 0 Å². The van der Waals surface area contributed by atoms with Crippen LogP contribution in [0.2, 0.25) is 0 Å². The SMILES string of the molecule is C[C@@H]1COCC2COc3c(nc(C(=O)NC(=N)C=CN)nc3C(C)(C)S(C)(=O)=O)N21. The van der Waals surface area contributed by atoms with E-state index in [9.17, 15) is 13.2 Å². The summed E-state index contributed by atoms with van der Waals surface area (Å²) < 4.78 is 35.1. The van der Waals surface area contributed by atoms with Crippen LogP contribution in [0.4, 0.5) is 5.82 Å². The molecule has 0 aliphatic carbocycles. The van der Waals surface area contributed by atoms with Gasteiger partial charge in [-0.3, -0.25) is 10.2 Å². The molecule has 0 aromatic carbocycles. The van der Waals surface area contributed by atoms with Crippen molar-refractivity contribution in [3.05, 3.63) is 23.8 Å². The third kappa shape index (κ3) is 3.84. The number of nitrogens with one attached hydrogen (secondary N) is 2. The number of aromatic nitrogens is 2. The van der Waals surface area contributed by atoms with Gasteiger partial charge in [-0.15, -0.1) is 0 Å². The molecule has 164 valence electrons. The maximum Gasteiger partial charge on any atom is 0.294 e. The van der Waals surface area contributed by atoms with Crippen LogP contribution in [0.5, 0.6) is 5.75 Å². The number of carbonyl (C=O) groups is 1. The molecule has 3 heterocycles. The van der Waals surface area contributed by atoms with Crippen molar-refractivity contribution in [2.75, 3.05) is 31.0 Å². The summed E-state index contributed by atoms with van der Waals surface area (Å²) in [6, 6.07) is -0.190. The van der Waals surface area contributed by atoms with Gasteiger partial charge in [0.25, 0.3) is 5.91 Å². The summed E-state index contributed by atoms with van der Waals surface area (Å²) in [5.74, 6) is -0.687. The number of anilines is 1. The van der Waals surface area contributed by atoms with Crippen LogP contribution in [0.15, 0.2) is 12.3 Å². The lowest BCUT2D eigenvalue weighted by Gasteiger charge is -2.45. The predicted octanol–water partition coefficient (Wildman–Crippen LogP) is -0.0781. The van der Waals surface area contributed by atoms with Crippen LogP contribution < -0.4 is 20.7 Å². The van der Waals surface area contributed by atoms with E-state index in [4.69, 9.17) is 20.6 Å². The van der Waals surface area contributed by atoms with Crippen LogP contribution in [-0.2, 0) is 19.3 Å². The molecule has 1 aromatic heterocycles. The first kappa shape index (κ1) is 22.0. The Morgan fingerprint density at radius 1 is 1.33 bits per heavy atom. The third-order valence-electron chi connectivity index (χ3n) is 5.26. The van der Waals surface area contributed by atoms with E-state index in [1.54, 1.807) is 0 Å². The van der Waals surface area contributed by atoms with Gasteiger partial charge < -0.3 is 25.4 Å². The molecule has 0 radical (unpaired) electrons. The Labute approximate surface area is 175 Å². The minimum atomic E-state index is -3.62. The number of carbonyl (C=O) groups excluding carboxylic acids is 1. The summed E-state index contributed by atoms with van der Waals surface area (Å²) >= 11 is 0. The summed E-state index contributed by atoms with van der Waals surface area (Å²) in [5.41, 5.74) is 5.34. The summed E-state index contributed by atoms with van der Waals surface area (Å²) in [6.07, 6.45) is 3.41. The van der Waals surface area contributed by atoms with Gasteiger partial charge >= 0.3 is 0 Å². The molecule has 1 saturated heterocycles. The lowest BCUT2D eigenvalue weighted by molar-refractivity contribution is 0.0481. The van der Waals surface area contributed by atoms with E-state index in [2.05, 4.69) is 15.3 Å². The molecule has 0 spiro atoms. The molecule has 11 nitrogen and oxygen atoms in total. The standard InChI is InChI=1S/C18H26N6O5S/c1-10-7-28-8-11-9-29-13-14(18(2,3)30(4,26)27)22-15(23-16(13)24(10)11)17(25)21-12(20)5-6-19/h5-6,10-11H,7-9,19H2,1-4H3,(H2,20,21,25)/t10-,11?/m1/s1. The molecule has 0 bridgehead atoms. The van der Waals surface area contributed by atoms with Gasteiger partial charge in [0.2, 0.25) is 5.82 Å². The second kappa shape index (κ2) is 7.84. The summed E-state index contributed by atoms with van der Waals surface area (Å²) in [7, 11) is -3.62. The Morgan fingerprint density at radius 2 is 2.03 bits per heavy atom. The number of ether oxygens (including phenoxy) is 2. The number of amidine groups is 1. The monoisotopic (exact) mass is 438 g/mol. The molecule has 1 fully saturated rings. The van der Waals surface area contributed by atoms with Gasteiger partial charge in [-0.2, -0.15) is 0 Å². The number of morpholine rings is 1. The van der Waals surface area contributed by atoms with Crippen molar-refractivity contribution in [1.29, 1.82) is 5.41 Å². The second-order valence-electron chi connectivity index (χ2n) is 7.82. The number of amides is 1. The fourth-order valence-electron chi connectivity index (χ4n) is 3.33. The predicted molar refractivity (Wildman–Crippen MR) is 110 cm³/mol. The topological polar surface area (TPSA) is 161 Å². The molecular formula is C18H26N6O5S. The average Bonchev–Trinajstić information content (AvgIpc) is 2.66. The van der Waals surface area contributed by atoms with E-state index in [1.165, 1.54) is 19.9 Å². The van der Waals surface area contributed by atoms with E-state index in [1.807, 2.05) is 11.8 Å². The molecule has 3 rings (SSSR count). The number of fused-ring (bicyclic) bond motifs is 3. The van der Waals surface area contributed by atoms with Gasteiger partial charge in [-0.05, 0) is 33.0 Å². The van der Waals surface area contributed by atoms with Gasteiger partial charge in [0.1, 0.15) is 22.9 Å². The van der Waals surface area contributed by atoms with E-state index >= 15 is 0 Å². The minimum Gasteiger partial charge on any atom is -0.486 e. The highest BCUT2D eigenvalue weighted by atomic mass is 32.2. The van der Waals surface area contributed by atoms with Crippen LogP contribution in [0.25, 0.3) is 0 Å². The van der Waals surface area contributed by atoms with E-state index in [0.29, 0.717) is 19.0 Å². The van der Waals surface area contributed by atoms with Gasteiger partial charge in [-0.25, -0.2) is 18.4 Å². The maximum atomic E-state index is 12.7. The number of hydrogen-bond acceptors (Lipinski definition) is 10. The molecule has 0 saturated carbocycles. The first-order chi connectivity index (χ1) is 14.0. The maximum absolute atomic E-state index is 12.7. The lowest BCUT2D eigenvalue weighted by atomic mass is 10.0. The molecule has 1 unspecified atom stereocenters. The van der Waals surface area contributed by atoms with Crippen LogP contribution >= 0.6 is 0 Å². The second-order valence-corrected chi connectivity index (χ2v) is 10.4. The Kier molecular flexibility index (Phi) is 5.74. The summed E-state index contributed by atoms with van der Waals surface area (Å²) in [6.45, 7) is 6.12. The molecule has 2 atom stereocenters. The van der Waals surface area contributed by atoms with Gasteiger partial charge in [0, 0.05) is 6.26 Å². The lowest BCUT2D eigenvalue weighted by Crippen LogP contribution is -2.56. The van der Waals surface area contributed by atoms with E-state index in [-0.39, 0.29) is 41.8 Å². The largest absolute Gasteiger partial charge is 0.486 e. The van der Waals surface area contributed by atoms with Crippen molar-refractivity contribution in [1.82, 2.24) is 15.3 Å². The highest BCUT2D eigenvalue weighted by Crippen LogP contribution is 2.43. The van der Waals surface area contributed by atoms with Crippen molar-refractivity contribution in [2.24, 2.45) is 5.73 Å². The number of hydrogen-bond donors (Lipinski definition) is 3. The normalized spacial score (nSPS) is 21.5. The zero-order valence-corrected chi connectivity index (χ0v) is 18.1. The highest BCUT2D eigenvalue weighted by Gasteiger charge is 2.44. The smallest absolute Gasteiger partial charge is 0.294 e. The Bertz CT molecular complexity index is 1010. The molecule has 1 amide bonds. The van der Waals surface area contributed by atoms with Crippen LogP contribution in [0, 0.1) is 5.41 Å². The van der Waals surface area contributed by atoms with Crippen molar-refractivity contribution in [3.63, 3.8) is 0 Å². The fraction of sp³-hybridized carbons (Fsp3) is 0.556. The van der Waals surface area contributed by atoms with Crippen molar-refractivity contribution >= 4 is 27.4 Å². The third-order valence-corrected chi connectivity index (χ3v) is 7.31. The molecule has 2 aliphatic rings. The van der Waals surface area contributed by atoms with Crippen LogP contribution in [-0.4, -0.2) is 68.3 Å². The summed E-state index contributed by atoms with van der Waals surface area (Å²) in [5, 5.41) is 10.0. The molecule has 4 N–H and O–H groups in total. The first-order valence-corrected chi connectivity index (χ1v) is 11.3. The molecule has 1 aromatic rings. The number of rotatable bonds is 4. The molecule has 12 heteroatoms. The Morgan fingerprint density at radius 3 is 2.67 bits per heavy atom. The van der Waals surface area contributed by atoms with E-state index < -0.39 is 20.5 Å². The quantitative estimate of drug-likeness (QED) is 0.431. The highest BCUT2D eigenvalue weighted by molar-refractivity contribution is 7.91. The minimum absolute atomic E-state index is 0.0649. The number of sulfone groups is 1. The number of nitrogens with two attached hydrogens (primary N) is 1. The van der Waals surface area contributed by atoms with Crippen LogP contribution in [0.3, 0.4) is 0 Å². The molecule has 30 heavy (non-hydrogen) atoms. The van der Waals surface area contributed by atoms with Crippen LogP contribution in [0.1, 0.15) is 37.1 Å². The first-order valence-electron chi connectivity index (χ1n) is 9.36. The van der Waals surface area contributed by atoms with Gasteiger partial charge in [0.15, 0.2) is 21.4 Å². The zero-order valence-electron chi connectivity index (χ0n) is 17.3. The van der Waals surface area contributed by atoms with Gasteiger partial charge in [0.05, 0.1) is 25.3 Å². The fourth-order valence-corrected chi connectivity index (χ4v) is 3.82.